The van der Waals surface area contributed by atoms with Crippen LogP contribution in [0.5, 0.6) is 5.75 Å². The average Bonchev–Trinajstić information content (AvgIpc) is 2.59. The normalized spacial score (nSPS) is 11.6. The van der Waals surface area contributed by atoms with Crippen molar-refractivity contribution >= 4 is 11.6 Å². The van der Waals surface area contributed by atoms with Gasteiger partial charge in [0.05, 0.1) is 18.1 Å². The summed E-state index contributed by atoms with van der Waals surface area (Å²) in [6.45, 7) is 1.94. The van der Waals surface area contributed by atoms with E-state index < -0.39 is 10.8 Å². The highest BCUT2D eigenvalue weighted by Crippen LogP contribution is 2.22. The smallest absolute Gasteiger partial charge is 0.282 e. The molecule has 1 N–H and O–H groups in total. The minimum atomic E-state index is -0.552. The number of carbonyl (C=O) groups excluding carboxylic acids is 1. The van der Waals surface area contributed by atoms with Gasteiger partial charge in [-0.1, -0.05) is 31.2 Å². The van der Waals surface area contributed by atoms with E-state index in [1.54, 1.807) is 13.2 Å². The van der Waals surface area contributed by atoms with Gasteiger partial charge in [0.2, 0.25) is 0 Å². The summed E-state index contributed by atoms with van der Waals surface area (Å²) >= 11 is 0. The minimum Gasteiger partial charge on any atom is -0.497 e. The second-order valence-electron chi connectivity index (χ2n) is 4.98. The van der Waals surface area contributed by atoms with E-state index in [0.29, 0.717) is 6.42 Å². The van der Waals surface area contributed by atoms with Crippen LogP contribution in [0.4, 0.5) is 5.69 Å². The third-order valence-electron chi connectivity index (χ3n) is 3.58. The van der Waals surface area contributed by atoms with E-state index >= 15 is 0 Å². The second-order valence-corrected chi connectivity index (χ2v) is 4.98. The first-order valence-corrected chi connectivity index (χ1v) is 7.25. The van der Waals surface area contributed by atoms with E-state index in [9.17, 15) is 14.9 Å². The van der Waals surface area contributed by atoms with Crippen molar-refractivity contribution in [3.8, 4) is 5.75 Å². The molecule has 0 fully saturated rings. The zero-order valence-corrected chi connectivity index (χ0v) is 13.0. The molecule has 1 unspecified atom stereocenters. The van der Waals surface area contributed by atoms with Gasteiger partial charge in [0.25, 0.3) is 11.6 Å². The van der Waals surface area contributed by atoms with Crippen LogP contribution in [0.3, 0.4) is 0 Å². The van der Waals surface area contributed by atoms with Crippen molar-refractivity contribution in [3.05, 3.63) is 69.8 Å². The summed E-state index contributed by atoms with van der Waals surface area (Å²) in [6.07, 6.45) is 0.665. The zero-order chi connectivity index (χ0) is 16.8. The largest absolute Gasteiger partial charge is 0.497 e. The number of methoxy groups -OCH3 is 1. The van der Waals surface area contributed by atoms with Gasteiger partial charge < -0.3 is 10.1 Å². The van der Waals surface area contributed by atoms with Crippen molar-refractivity contribution in [2.24, 2.45) is 0 Å². The third kappa shape index (κ3) is 3.85. The fraction of sp³-hybridized carbons (Fsp3) is 0.235. The average molecular weight is 314 g/mol. The van der Waals surface area contributed by atoms with Crippen molar-refractivity contribution in [2.45, 2.75) is 19.4 Å². The Labute approximate surface area is 134 Å². The van der Waals surface area contributed by atoms with Crippen molar-refractivity contribution in [2.75, 3.05) is 7.11 Å². The number of nitrogens with one attached hydrogen (secondary N) is 1. The Balaban J connectivity index is 2.21. The van der Waals surface area contributed by atoms with Gasteiger partial charge in [-0.2, -0.15) is 0 Å². The fourth-order valence-electron chi connectivity index (χ4n) is 2.32. The Morgan fingerprint density at radius 1 is 1.22 bits per heavy atom. The number of benzene rings is 2. The first-order chi connectivity index (χ1) is 11.1. The maximum Gasteiger partial charge on any atom is 0.282 e. The number of rotatable bonds is 6. The molecule has 0 bridgehead atoms. The number of nitro benzene ring substituents is 1. The van der Waals surface area contributed by atoms with E-state index in [-0.39, 0.29) is 17.3 Å². The number of amides is 1. The van der Waals surface area contributed by atoms with Crippen molar-refractivity contribution in [1.82, 2.24) is 5.32 Å². The summed E-state index contributed by atoms with van der Waals surface area (Å²) < 4.78 is 5.11. The van der Waals surface area contributed by atoms with Crippen LogP contribution in [-0.4, -0.2) is 17.9 Å². The monoisotopic (exact) mass is 314 g/mol. The first kappa shape index (κ1) is 16.5. The lowest BCUT2D eigenvalue weighted by Crippen LogP contribution is -2.28. The maximum absolute atomic E-state index is 12.4. The van der Waals surface area contributed by atoms with Gasteiger partial charge in [-0.25, -0.2) is 0 Å². The van der Waals surface area contributed by atoms with Crippen molar-refractivity contribution in [1.29, 1.82) is 0 Å². The second kappa shape index (κ2) is 7.40. The van der Waals surface area contributed by atoms with E-state index in [1.807, 2.05) is 31.2 Å². The molecule has 1 amide bonds. The molecule has 0 aromatic heterocycles. The Kier molecular flexibility index (Phi) is 5.30. The summed E-state index contributed by atoms with van der Waals surface area (Å²) in [7, 11) is 1.59. The van der Waals surface area contributed by atoms with Crippen LogP contribution in [-0.2, 0) is 0 Å². The molecule has 0 aliphatic rings. The van der Waals surface area contributed by atoms with Gasteiger partial charge >= 0.3 is 0 Å². The fourth-order valence-corrected chi connectivity index (χ4v) is 2.32. The van der Waals surface area contributed by atoms with Crippen LogP contribution in [0.1, 0.15) is 35.3 Å². The molecular formula is C17H18N2O4. The lowest BCUT2D eigenvalue weighted by Gasteiger charge is -2.18. The molecule has 6 nitrogen and oxygen atoms in total. The Bertz CT molecular complexity index is 698. The molecule has 0 spiro atoms. The minimum absolute atomic E-state index is 0.0597. The number of ether oxygens (including phenoxy) is 1. The number of hydrogen-bond acceptors (Lipinski definition) is 4. The van der Waals surface area contributed by atoms with E-state index in [1.165, 1.54) is 18.2 Å². The molecular weight excluding hydrogens is 296 g/mol. The number of nitrogens with zero attached hydrogens (tertiary/aromatic N) is 1. The number of para-hydroxylation sites is 1. The lowest BCUT2D eigenvalue weighted by atomic mass is 10.0. The number of nitro groups is 1. The summed E-state index contributed by atoms with van der Waals surface area (Å²) in [6, 6.07) is 13.1. The van der Waals surface area contributed by atoms with Crippen LogP contribution in [0.25, 0.3) is 0 Å². The molecule has 0 saturated carbocycles. The molecule has 120 valence electrons. The molecule has 2 aromatic rings. The van der Waals surface area contributed by atoms with E-state index in [4.69, 9.17) is 4.74 Å². The lowest BCUT2D eigenvalue weighted by molar-refractivity contribution is -0.385. The number of hydrogen-bond donors (Lipinski definition) is 1. The zero-order valence-electron chi connectivity index (χ0n) is 13.0. The molecule has 2 aromatic carbocycles. The van der Waals surface area contributed by atoms with Crippen LogP contribution in [0.15, 0.2) is 48.5 Å². The van der Waals surface area contributed by atoms with Crippen LogP contribution in [0, 0.1) is 10.1 Å². The van der Waals surface area contributed by atoms with Crippen LogP contribution >= 0.6 is 0 Å². The summed E-state index contributed by atoms with van der Waals surface area (Å²) in [4.78, 5) is 22.9. The van der Waals surface area contributed by atoms with Gasteiger partial charge in [-0.15, -0.1) is 0 Å². The molecule has 0 heterocycles. The summed E-state index contributed by atoms with van der Waals surface area (Å²) in [5.74, 6) is 0.272. The topological polar surface area (TPSA) is 81.5 Å². The molecule has 1 atom stereocenters. The number of carbonyl (C=O) groups is 1. The summed E-state index contributed by atoms with van der Waals surface area (Å²) in [5.41, 5.74) is 0.777. The highest BCUT2D eigenvalue weighted by Gasteiger charge is 2.21. The van der Waals surface area contributed by atoms with Crippen molar-refractivity contribution in [3.63, 3.8) is 0 Å². The molecule has 6 heteroatoms. The summed E-state index contributed by atoms with van der Waals surface area (Å²) in [5, 5.41) is 13.9. The molecule has 0 radical (unpaired) electrons. The van der Waals surface area contributed by atoms with Gasteiger partial charge in [0, 0.05) is 6.07 Å². The standard InChI is InChI=1S/C17H18N2O4/c1-3-15(12-8-10-13(23-2)11-9-12)18-17(20)14-6-4-5-7-16(14)19(21)22/h4-11,15H,3H2,1-2H3,(H,18,20). The first-order valence-electron chi connectivity index (χ1n) is 7.25. The predicted molar refractivity (Wildman–Crippen MR) is 86.6 cm³/mol. The molecule has 2 rings (SSSR count). The maximum atomic E-state index is 12.4. The van der Waals surface area contributed by atoms with Gasteiger partial charge in [-0.3, -0.25) is 14.9 Å². The Morgan fingerprint density at radius 3 is 2.43 bits per heavy atom. The van der Waals surface area contributed by atoms with Gasteiger partial charge in [0.15, 0.2) is 0 Å². The third-order valence-corrected chi connectivity index (χ3v) is 3.58. The predicted octanol–water partition coefficient (Wildman–Crippen LogP) is 3.48. The molecule has 0 aliphatic heterocycles. The van der Waals surface area contributed by atoms with Crippen LogP contribution in [0.2, 0.25) is 0 Å². The Hall–Kier alpha value is -2.89. The van der Waals surface area contributed by atoms with E-state index in [0.717, 1.165) is 11.3 Å². The van der Waals surface area contributed by atoms with Gasteiger partial charge in [-0.05, 0) is 30.2 Å². The quantitative estimate of drug-likeness (QED) is 0.653. The van der Waals surface area contributed by atoms with Crippen molar-refractivity contribution < 1.29 is 14.5 Å². The highest BCUT2D eigenvalue weighted by atomic mass is 16.6. The molecule has 0 saturated heterocycles. The molecule has 23 heavy (non-hydrogen) atoms. The highest BCUT2D eigenvalue weighted by molar-refractivity contribution is 5.98. The van der Waals surface area contributed by atoms with Crippen LogP contribution < -0.4 is 10.1 Å². The van der Waals surface area contributed by atoms with E-state index in [2.05, 4.69) is 5.32 Å². The Morgan fingerprint density at radius 2 is 1.87 bits per heavy atom. The van der Waals surface area contributed by atoms with Gasteiger partial charge in [0.1, 0.15) is 11.3 Å². The molecule has 0 aliphatic carbocycles. The SMILES string of the molecule is CCC(NC(=O)c1ccccc1[N+](=O)[O-])c1ccc(OC)cc1.